The number of carbonyl (C=O) groups is 2. The lowest BCUT2D eigenvalue weighted by atomic mass is 10.1. The number of ether oxygens (including phenoxy) is 1. The van der Waals surface area contributed by atoms with E-state index < -0.39 is 24.5 Å². The first-order chi connectivity index (χ1) is 9.47. The molecular formula is C13H16BrNO5. The number of aliphatic hydroxyl groups excluding tert-OH is 1. The molecule has 1 rings (SSSR count). The van der Waals surface area contributed by atoms with Gasteiger partial charge < -0.3 is 20.3 Å². The lowest BCUT2D eigenvalue weighted by Crippen LogP contribution is -2.43. The summed E-state index contributed by atoms with van der Waals surface area (Å²) in [5.41, 5.74) is 0.920. The second kappa shape index (κ2) is 7.86. The Bertz CT molecular complexity index is 492. The molecule has 0 aliphatic carbocycles. The van der Waals surface area contributed by atoms with E-state index in [0.29, 0.717) is 12.2 Å². The van der Waals surface area contributed by atoms with E-state index in [4.69, 9.17) is 14.9 Å². The predicted molar refractivity (Wildman–Crippen MR) is 75.7 cm³/mol. The molecular weight excluding hydrogens is 330 g/mol. The Hall–Kier alpha value is -1.60. The Balaban J connectivity index is 2.52. The fourth-order valence-electron chi connectivity index (χ4n) is 1.58. The first kappa shape index (κ1) is 16.5. The highest BCUT2D eigenvalue weighted by Gasteiger charge is 2.18. The molecule has 0 heterocycles. The molecule has 3 N–H and O–H groups in total. The van der Waals surface area contributed by atoms with Crippen LogP contribution in [0.15, 0.2) is 22.7 Å². The highest BCUT2D eigenvalue weighted by Crippen LogP contribution is 2.25. The number of halogens is 1. The van der Waals surface area contributed by atoms with Gasteiger partial charge in [-0.1, -0.05) is 6.07 Å². The molecule has 0 saturated carbocycles. The van der Waals surface area contributed by atoms with Crippen molar-refractivity contribution < 1.29 is 24.5 Å². The quantitative estimate of drug-likeness (QED) is 0.683. The van der Waals surface area contributed by atoms with Gasteiger partial charge in [-0.2, -0.15) is 0 Å². The first-order valence-corrected chi connectivity index (χ1v) is 6.72. The molecule has 1 amide bonds. The third kappa shape index (κ3) is 4.82. The molecule has 0 aliphatic heterocycles. The second-order valence-corrected chi connectivity index (χ2v) is 4.96. The molecule has 0 radical (unpaired) electrons. The molecule has 110 valence electrons. The Labute approximate surface area is 124 Å². The van der Waals surface area contributed by atoms with Crippen LogP contribution in [0.25, 0.3) is 0 Å². The average molecular weight is 346 g/mol. The minimum absolute atomic E-state index is 0.141. The fraction of sp³-hybridized carbons (Fsp3) is 0.385. The zero-order chi connectivity index (χ0) is 15.1. The number of benzene rings is 1. The van der Waals surface area contributed by atoms with Crippen LogP contribution in [0.4, 0.5) is 0 Å². The average Bonchev–Trinajstić information content (AvgIpc) is 2.42. The molecule has 1 aromatic rings. The molecule has 0 aliphatic rings. The summed E-state index contributed by atoms with van der Waals surface area (Å²) >= 11 is 3.35. The topological polar surface area (TPSA) is 95.9 Å². The van der Waals surface area contributed by atoms with Gasteiger partial charge in [0.05, 0.1) is 18.2 Å². The van der Waals surface area contributed by atoms with Gasteiger partial charge in [0.25, 0.3) is 0 Å². The van der Waals surface area contributed by atoms with E-state index in [0.717, 1.165) is 10.0 Å². The van der Waals surface area contributed by atoms with Gasteiger partial charge in [-0.05, 0) is 40.0 Å². The van der Waals surface area contributed by atoms with Crippen LogP contribution in [-0.4, -0.2) is 41.8 Å². The summed E-state index contributed by atoms with van der Waals surface area (Å²) in [4.78, 5) is 22.2. The van der Waals surface area contributed by atoms with Crippen LogP contribution in [0, 0.1) is 0 Å². The van der Waals surface area contributed by atoms with Gasteiger partial charge >= 0.3 is 5.97 Å². The Morgan fingerprint density at radius 1 is 1.45 bits per heavy atom. The van der Waals surface area contributed by atoms with E-state index in [2.05, 4.69) is 21.2 Å². The minimum atomic E-state index is -1.26. The summed E-state index contributed by atoms with van der Waals surface area (Å²) in [6.07, 6.45) is 0.606. The van der Waals surface area contributed by atoms with Gasteiger partial charge in [0.2, 0.25) is 5.91 Å². The number of hydrogen-bond acceptors (Lipinski definition) is 4. The van der Waals surface area contributed by atoms with Gasteiger partial charge in [-0.3, -0.25) is 4.79 Å². The zero-order valence-electron chi connectivity index (χ0n) is 10.9. The van der Waals surface area contributed by atoms with Crippen molar-refractivity contribution in [3.63, 3.8) is 0 Å². The van der Waals surface area contributed by atoms with Crippen LogP contribution < -0.4 is 10.1 Å². The molecule has 1 atom stereocenters. The lowest BCUT2D eigenvalue weighted by Gasteiger charge is -2.11. The number of aliphatic hydroxyl groups is 1. The number of hydrogen-bond donors (Lipinski definition) is 3. The van der Waals surface area contributed by atoms with Crippen LogP contribution in [0.3, 0.4) is 0 Å². The summed E-state index contributed by atoms with van der Waals surface area (Å²) in [7, 11) is 1.56. The third-order valence-electron chi connectivity index (χ3n) is 2.67. The minimum Gasteiger partial charge on any atom is -0.496 e. The third-order valence-corrected chi connectivity index (χ3v) is 3.29. The highest BCUT2D eigenvalue weighted by atomic mass is 79.9. The second-order valence-electron chi connectivity index (χ2n) is 4.11. The summed E-state index contributed by atoms with van der Waals surface area (Å²) in [5, 5.41) is 19.8. The van der Waals surface area contributed by atoms with Crippen molar-refractivity contribution in [2.45, 2.75) is 18.9 Å². The van der Waals surface area contributed by atoms with Gasteiger partial charge in [0.1, 0.15) is 11.8 Å². The maximum absolute atomic E-state index is 11.6. The van der Waals surface area contributed by atoms with Crippen LogP contribution in [0.1, 0.15) is 12.0 Å². The smallest absolute Gasteiger partial charge is 0.328 e. The maximum atomic E-state index is 11.6. The summed E-state index contributed by atoms with van der Waals surface area (Å²) in [5.74, 6) is -0.976. The predicted octanol–water partition coefficient (Wildman–Crippen LogP) is 0.952. The molecule has 0 saturated heterocycles. The number of carboxylic acids is 1. The Kier molecular flexibility index (Phi) is 6.47. The van der Waals surface area contributed by atoms with E-state index >= 15 is 0 Å². The number of amides is 1. The molecule has 7 heteroatoms. The zero-order valence-corrected chi connectivity index (χ0v) is 12.5. The van der Waals surface area contributed by atoms with Crippen molar-refractivity contribution in [3.8, 4) is 5.75 Å². The molecule has 0 aromatic heterocycles. The summed E-state index contributed by atoms with van der Waals surface area (Å²) in [6.45, 7) is -0.630. The lowest BCUT2D eigenvalue weighted by molar-refractivity contribution is -0.142. The number of carboxylic acid groups (broad SMARTS) is 1. The number of methoxy groups -OCH3 is 1. The van der Waals surface area contributed by atoms with Gasteiger partial charge in [0, 0.05) is 6.42 Å². The van der Waals surface area contributed by atoms with E-state index in [-0.39, 0.29) is 6.42 Å². The SMILES string of the molecule is COc1ccc(CCC(=O)NC(CO)C(=O)O)cc1Br. The van der Waals surface area contributed by atoms with Crippen molar-refractivity contribution in [1.82, 2.24) is 5.32 Å². The molecule has 0 fully saturated rings. The molecule has 0 spiro atoms. The van der Waals surface area contributed by atoms with Crippen molar-refractivity contribution >= 4 is 27.8 Å². The number of aryl methyl sites for hydroxylation is 1. The normalized spacial score (nSPS) is 11.8. The van der Waals surface area contributed by atoms with E-state index in [1.165, 1.54) is 0 Å². The first-order valence-electron chi connectivity index (χ1n) is 5.93. The fourth-order valence-corrected chi connectivity index (χ4v) is 2.16. The van der Waals surface area contributed by atoms with Crippen molar-refractivity contribution in [2.24, 2.45) is 0 Å². The van der Waals surface area contributed by atoms with Gasteiger partial charge in [-0.15, -0.1) is 0 Å². The van der Waals surface area contributed by atoms with Crippen molar-refractivity contribution in [2.75, 3.05) is 13.7 Å². The molecule has 6 nitrogen and oxygen atoms in total. The van der Waals surface area contributed by atoms with Crippen LogP contribution in [0.2, 0.25) is 0 Å². The summed E-state index contributed by atoms with van der Waals surface area (Å²) in [6, 6.07) is 4.19. The van der Waals surface area contributed by atoms with Crippen molar-refractivity contribution in [1.29, 1.82) is 0 Å². The van der Waals surface area contributed by atoms with E-state index in [9.17, 15) is 9.59 Å². The molecule has 0 bridgehead atoms. The van der Waals surface area contributed by atoms with E-state index in [1.54, 1.807) is 13.2 Å². The van der Waals surface area contributed by atoms with Crippen LogP contribution in [-0.2, 0) is 16.0 Å². The number of aliphatic carboxylic acids is 1. The molecule has 1 aromatic carbocycles. The monoisotopic (exact) mass is 345 g/mol. The number of carbonyl (C=O) groups excluding carboxylic acids is 1. The van der Waals surface area contributed by atoms with E-state index in [1.807, 2.05) is 12.1 Å². The maximum Gasteiger partial charge on any atom is 0.328 e. The standard InChI is InChI=1S/C13H16BrNO5/c1-20-11-4-2-8(6-9(11)14)3-5-12(17)15-10(7-16)13(18)19/h2,4,6,10,16H,3,5,7H2,1H3,(H,15,17)(H,18,19). The number of nitrogens with one attached hydrogen (secondary N) is 1. The largest absolute Gasteiger partial charge is 0.496 e. The van der Waals surface area contributed by atoms with Crippen LogP contribution >= 0.6 is 15.9 Å². The Morgan fingerprint density at radius 2 is 2.15 bits per heavy atom. The van der Waals surface area contributed by atoms with Crippen LogP contribution in [0.5, 0.6) is 5.75 Å². The summed E-state index contributed by atoms with van der Waals surface area (Å²) < 4.78 is 5.89. The number of rotatable bonds is 7. The van der Waals surface area contributed by atoms with Gasteiger partial charge in [0.15, 0.2) is 0 Å². The van der Waals surface area contributed by atoms with Crippen molar-refractivity contribution in [3.05, 3.63) is 28.2 Å². The Morgan fingerprint density at radius 3 is 2.65 bits per heavy atom. The highest BCUT2D eigenvalue weighted by molar-refractivity contribution is 9.10. The molecule has 1 unspecified atom stereocenters. The van der Waals surface area contributed by atoms with Gasteiger partial charge in [-0.25, -0.2) is 4.79 Å². The molecule has 20 heavy (non-hydrogen) atoms.